The molecular formula is C12H11F3NdO2. The summed E-state index contributed by atoms with van der Waals surface area (Å²) in [5.41, 5.74) is 0.533. The van der Waals surface area contributed by atoms with Gasteiger partial charge in [0.05, 0.1) is 5.92 Å². The van der Waals surface area contributed by atoms with E-state index < -0.39 is 23.7 Å². The number of hydrogen-bond acceptors (Lipinski definition) is 2. The fourth-order valence-electron chi connectivity index (χ4n) is 1.47. The number of halogens is 3. The predicted molar refractivity (Wildman–Crippen MR) is 55.4 cm³/mol. The van der Waals surface area contributed by atoms with Gasteiger partial charge in [0, 0.05) is 40.8 Å². The van der Waals surface area contributed by atoms with E-state index in [2.05, 4.69) is 0 Å². The van der Waals surface area contributed by atoms with E-state index in [9.17, 15) is 22.8 Å². The Kier molecular flexibility index (Phi) is 7.21. The van der Waals surface area contributed by atoms with Crippen molar-refractivity contribution in [3.05, 3.63) is 35.9 Å². The van der Waals surface area contributed by atoms with E-state index in [0.717, 1.165) is 6.92 Å². The first kappa shape index (κ1) is 17.7. The van der Waals surface area contributed by atoms with E-state index in [1.807, 2.05) is 0 Å². The molecule has 1 rings (SSSR count). The Morgan fingerprint density at radius 1 is 1.17 bits per heavy atom. The molecule has 0 aliphatic rings. The average Bonchev–Trinajstić information content (AvgIpc) is 2.24. The monoisotopic (exact) mass is 386 g/mol. The molecular weight excluding hydrogens is 377 g/mol. The fraction of sp³-hybridized carbons (Fsp3) is 0.333. The molecule has 1 aromatic rings. The number of benzene rings is 1. The Balaban J connectivity index is 0.00000289. The van der Waals surface area contributed by atoms with Crippen molar-refractivity contribution in [1.29, 1.82) is 0 Å². The molecule has 96 valence electrons. The second-order valence-electron chi connectivity index (χ2n) is 3.71. The molecule has 0 aromatic heterocycles. The summed E-state index contributed by atoms with van der Waals surface area (Å²) >= 11 is 0. The summed E-state index contributed by atoms with van der Waals surface area (Å²) in [4.78, 5) is 22.2. The van der Waals surface area contributed by atoms with Gasteiger partial charge in [-0.05, 0) is 18.9 Å². The maximum Gasteiger partial charge on any atom is 0.450 e. The minimum atomic E-state index is -4.97. The van der Waals surface area contributed by atoms with E-state index >= 15 is 0 Å². The SMILES string of the molecule is CC(=O)C(Cc1ccccc1)C(=O)C(F)(F)F.[Nd]. The van der Waals surface area contributed by atoms with Crippen LogP contribution in [0.25, 0.3) is 0 Å². The van der Waals surface area contributed by atoms with Gasteiger partial charge >= 0.3 is 6.18 Å². The minimum Gasteiger partial charge on any atom is -0.299 e. The molecule has 0 saturated carbocycles. The third-order valence-electron chi connectivity index (χ3n) is 2.37. The largest absolute Gasteiger partial charge is 0.450 e. The van der Waals surface area contributed by atoms with Crippen LogP contribution in [0.1, 0.15) is 12.5 Å². The molecule has 0 aliphatic heterocycles. The van der Waals surface area contributed by atoms with Crippen molar-refractivity contribution < 1.29 is 63.6 Å². The fourth-order valence-corrected chi connectivity index (χ4v) is 1.47. The van der Waals surface area contributed by atoms with Gasteiger partial charge in [-0.3, -0.25) is 9.59 Å². The first-order valence-electron chi connectivity index (χ1n) is 4.98. The van der Waals surface area contributed by atoms with Gasteiger partial charge in [-0.25, -0.2) is 0 Å². The molecule has 0 saturated heterocycles. The summed E-state index contributed by atoms with van der Waals surface area (Å²) in [5.74, 6) is -4.39. The molecule has 0 heterocycles. The Hall–Kier alpha value is -0.299. The van der Waals surface area contributed by atoms with Crippen LogP contribution in [0.15, 0.2) is 30.3 Å². The molecule has 0 bridgehead atoms. The molecule has 0 N–H and O–H groups in total. The number of carbonyl (C=O) groups excluding carboxylic acids is 2. The molecule has 0 amide bonds. The van der Waals surface area contributed by atoms with Crippen LogP contribution in [0.2, 0.25) is 0 Å². The van der Waals surface area contributed by atoms with E-state index in [0.29, 0.717) is 5.56 Å². The Morgan fingerprint density at radius 3 is 2.06 bits per heavy atom. The van der Waals surface area contributed by atoms with Crippen molar-refractivity contribution in [2.45, 2.75) is 19.5 Å². The summed E-state index contributed by atoms with van der Waals surface area (Å²) in [6, 6.07) is 8.16. The quantitative estimate of drug-likeness (QED) is 0.743. The van der Waals surface area contributed by atoms with Crippen LogP contribution in [0.3, 0.4) is 0 Å². The molecule has 1 aromatic carbocycles. The van der Waals surface area contributed by atoms with Gasteiger partial charge < -0.3 is 0 Å². The summed E-state index contributed by atoms with van der Waals surface area (Å²) in [5, 5.41) is 0. The molecule has 0 aliphatic carbocycles. The van der Waals surface area contributed by atoms with Gasteiger partial charge in [-0.15, -0.1) is 0 Å². The molecule has 0 radical (unpaired) electrons. The van der Waals surface area contributed by atoms with E-state index in [4.69, 9.17) is 0 Å². The smallest absolute Gasteiger partial charge is 0.299 e. The molecule has 0 spiro atoms. The van der Waals surface area contributed by atoms with Crippen LogP contribution >= 0.6 is 0 Å². The average molecular weight is 388 g/mol. The van der Waals surface area contributed by atoms with E-state index in [1.165, 1.54) is 0 Å². The molecule has 1 atom stereocenters. The van der Waals surface area contributed by atoms with Gasteiger partial charge in [0.25, 0.3) is 0 Å². The third kappa shape index (κ3) is 5.14. The van der Waals surface area contributed by atoms with E-state index in [-0.39, 0.29) is 47.3 Å². The van der Waals surface area contributed by atoms with Gasteiger partial charge in [0.2, 0.25) is 5.78 Å². The summed E-state index contributed by atoms with van der Waals surface area (Å²) in [6.07, 6.45) is -5.18. The number of carbonyl (C=O) groups is 2. The second kappa shape index (κ2) is 7.33. The molecule has 1 unspecified atom stereocenters. The number of rotatable bonds is 4. The van der Waals surface area contributed by atoms with Gasteiger partial charge in [0.1, 0.15) is 5.78 Å². The van der Waals surface area contributed by atoms with Crippen molar-refractivity contribution >= 4 is 11.6 Å². The number of hydrogen-bond donors (Lipinski definition) is 0. The first-order chi connectivity index (χ1) is 7.82. The number of alkyl halides is 3. The Morgan fingerprint density at radius 2 is 1.67 bits per heavy atom. The van der Waals surface area contributed by atoms with Crippen LogP contribution in [0.5, 0.6) is 0 Å². The number of Topliss-reactive ketones (excluding diaryl/α,β-unsaturated/α-hetero) is 2. The standard InChI is InChI=1S/C12H11F3O2.Nd/c1-8(16)10(11(17)12(13,14)15)7-9-5-3-2-4-6-9;/h2-6,10H,7H2,1H3;. The van der Waals surface area contributed by atoms with Crippen molar-refractivity contribution in [3.63, 3.8) is 0 Å². The molecule has 6 heteroatoms. The predicted octanol–water partition coefficient (Wildman–Crippen LogP) is 2.57. The molecule has 0 fully saturated rings. The second-order valence-corrected chi connectivity index (χ2v) is 3.71. The van der Waals surface area contributed by atoms with Crippen LogP contribution < -0.4 is 0 Å². The van der Waals surface area contributed by atoms with Gasteiger partial charge in [-0.2, -0.15) is 13.2 Å². The summed E-state index contributed by atoms with van der Waals surface area (Å²) in [6.45, 7) is 0.997. The van der Waals surface area contributed by atoms with Crippen molar-refractivity contribution in [3.8, 4) is 0 Å². The zero-order chi connectivity index (χ0) is 13.1. The zero-order valence-electron chi connectivity index (χ0n) is 9.62. The van der Waals surface area contributed by atoms with Gasteiger partial charge in [-0.1, -0.05) is 30.3 Å². The van der Waals surface area contributed by atoms with Crippen LogP contribution in [0, 0.1) is 46.8 Å². The molecule has 2 nitrogen and oxygen atoms in total. The normalized spacial score (nSPS) is 12.4. The summed E-state index contributed by atoms with van der Waals surface area (Å²) < 4.78 is 36.8. The third-order valence-corrected chi connectivity index (χ3v) is 2.37. The van der Waals surface area contributed by atoms with E-state index in [1.54, 1.807) is 30.3 Å². The summed E-state index contributed by atoms with van der Waals surface area (Å²) in [7, 11) is 0. The maximum atomic E-state index is 12.3. The van der Waals surface area contributed by atoms with Gasteiger partial charge in [0.15, 0.2) is 0 Å². The Bertz CT molecular complexity index is 415. The number of ketones is 2. The van der Waals surface area contributed by atoms with Crippen LogP contribution in [-0.4, -0.2) is 17.7 Å². The van der Waals surface area contributed by atoms with Crippen molar-refractivity contribution in [2.75, 3.05) is 0 Å². The maximum absolute atomic E-state index is 12.3. The minimum absolute atomic E-state index is 0. The first-order valence-corrected chi connectivity index (χ1v) is 4.98. The zero-order valence-corrected chi connectivity index (χ0v) is 12.8. The molecule has 18 heavy (non-hydrogen) atoms. The van der Waals surface area contributed by atoms with Crippen LogP contribution in [-0.2, 0) is 16.0 Å². The van der Waals surface area contributed by atoms with Crippen LogP contribution in [0.4, 0.5) is 13.2 Å². The van der Waals surface area contributed by atoms with Crippen molar-refractivity contribution in [2.24, 2.45) is 5.92 Å². The van der Waals surface area contributed by atoms with Crippen molar-refractivity contribution in [1.82, 2.24) is 0 Å². The topological polar surface area (TPSA) is 34.1 Å². The Labute approximate surface area is 135 Å².